The second-order valence-corrected chi connectivity index (χ2v) is 5.44. The van der Waals surface area contributed by atoms with Crippen LogP contribution >= 0.6 is 22.6 Å². The zero-order valence-corrected chi connectivity index (χ0v) is 13.6. The molecular formula is C16H14IO4-. The molecule has 0 aromatic heterocycles. The lowest BCUT2D eigenvalue weighted by molar-refractivity contribution is -0.255. The summed E-state index contributed by atoms with van der Waals surface area (Å²) in [6, 6.07) is 12.6. The first kappa shape index (κ1) is 15.6. The molecule has 0 atom stereocenters. The zero-order valence-electron chi connectivity index (χ0n) is 11.5. The molecule has 2 aromatic rings. The van der Waals surface area contributed by atoms with Gasteiger partial charge in [0.05, 0.1) is 16.1 Å². The van der Waals surface area contributed by atoms with E-state index in [1.807, 2.05) is 59.8 Å². The van der Waals surface area contributed by atoms with E-state index in [1.165, 1.54) is 12.1 Å². The SMILES string of the molecule is CCOc1c(I)cc(C(=O)[O-])cc1OCc1ccccc1. The Labute approximate surface area is 136 Å². The van der Waals surface area contributed by atoms with Crippen LogP contribution in [0.15, 0.2) is 42.5 Å². The summed E-state index contributed by atoms with van der Waals surface area (Å²) in [7, 11) is 0. The Morgan fingerprint density at radius 1 is 1.19 bits per heavy atom. The number of ether oxygens (including phenoxy) is 2. The van der Waals surface area contributed by atoms with E-state index in [-0.39, 0.29) is 5.56 Å². The Bertz CT molecular complexity index is 626. The van der Waals surface area contributed by atoms with Crippen LogP contribution in [0.2, 0.25) is 0 Å². The molecule has 5 heteroatoms. The Morgan fingerprint density at radius 3 is 2.52 bits per heavy atom. The van der Waals surface area contributed by atoms with Gasteiger partial charge in [0.1, 0.15) is 6.61 Å². The van der Waals surface area contributed by atoms with Gasteiger partial charge in [-0.3, -0.25) is 0 Å². The van der Waals surface area contributed by atoms with Crippen molar-refractivity contribution in [3.63, 3.8) is 0 Å². The van der Waals surface area contributed by atoms with Gasteiger partial charge in [-0.05, 0) is 47.2 Å². The number of carbonyl (C=O) groups excluding carboxylic acids is 1. The van der Waals surface area contributed by atoms with Crippen molar-refractivity contribution in [3.8, 4) is 11.5 Å². The van der Waals surface area contributed by atoms with Crippen molar-refractivity contribution in [1.29, 1.82) is 0 Å². The Morgan fingerprint density at radius 2 is 1.90 bits per heavy atom. The Hall–Kier alpha value is -1.76. The molecule has 0 spiro atoms. The van der Waals surface area contributed by atoms with Crippen LogP contribution < -0.4 is 14.6 Å². The van der Waals surface area contributed by atoms with Crippen LogP contribution in [0.4, 0.5) is 0 Å². The van der Waals surface area contributed by atoms with E-state index < -0.39 is 5.97 Å². The molecule has 0 N–H and O–H groups in total. The highest BCUT2D eigenvalue weighted by Gasteiger charge is 2.12. The van der Waals surface area contributed by atoms with Crippen molar-refractivity contribution >= 4 is 28.6 Å². The van der Waals surface area contributed by atoms with E-state index in [0.717, 1.165) is 5.56 Å². The summed E-state index contributed by atoms with van der Waals surface area (Å²) >= 11 is 2.03. The third-order valence-electron chi connectivity index (χ3n) is 2.77. The molecular weight excluding hydrogens is 383 g/mol. The maximum atomic E-state index is 11.0. The molecule has 2 rings (SSSR count). The minimum Gasteiger partial charge on any atom is -0.545 e. The molecule has 0 heterocycles. The molecule has 0 aliphatic heterocycles. The van der Waals surface area contributed by atoms with Gasteiger partial charge in [0.25, 0.3) is 0 Å². The van der Waals surface area contributed by atoms with Gasteiger partial charge in [0, 0.05) is 5.56 Å². The maximum absolute atomic E-state index is 11.0. The predicted octanol–water partition coefficient (Wildman–Crippen LogP) is 2.63. The first-order chi connectivity index (χ1) is 10.1. The lowest BCUT2D eigenvalue weighted by atomic mass is 10.2. The van der Waals surface area contributed by atoms with Crippen molar-refractivity contribution in [1.82, 2.24) is 0 Å². The van der Waals surface area contributed by atoms with Gasteiger partial charge in [-0.2, -0.15) is 0 Å². The van der Waals surface area contributed by atoms with E-state index >= 15 is 0 Å². The fraction of sp³-hybridized carbons (Fsp3) is 0.188. The van der Waals surface area contributed by atoms with Gasteiger partial charge in [-0.15, -0.1) is 0 Å². The van der Waals surface area contributed by atoms with E-state index in [0.29, 0.717) is 28.3 Å². The average molecular weight is 397 g/mol. The largest absolute Gasteiger partial charge is 0.545 e. The second-order valence-electron chi connectivity index (χ2n) is 4.28. The predicted molar refractivity (Wildman–Crippen MR) is 85.4 cm³/mol. The van der Waals surface area contributed by atoms with Gasteiger partial charge in [-0.25, -0.2) is 0 Å². The molecule has 0 amide bonds. The summed E-state index contributed by atoms with van der Waals surface area (Å²) in [6.45, 7) is 2.68. The molecule has 0 aliphatic carbocycles. The van der Waals surface area contributed by atoms with Gasteiger partial charge in [-0.1, -0.05) is 30.3 Å². The van der Waals surface area contributed by atoms with E-state index in [9.17, 15) is 9.90 Å². The van der Waals surface area contributed by atoms with Gasteiger partial charge >= 0.3 is 0 Å². The highest BCUT2D eigenvalue weighted by Crippen LogP contribution is 2.34. The van der Waals surface area contributed by atoms with Crippen LogP contribution in [0, 0.1) is 3.57 Å². The number of rotatable bonds is 6. The first-order valence-electron chi connectivity index (χ1n) is 6.46. The van der Waals surface area contributed by atoms with E-state index in [2.05, 4.69) is 0 Å². The minimum absolute atomic E-state index is 0.0749. The van der Waals surface area contributed by atoms with Gasteiger partial charge in [0.15, 0.2) is 11.5 Å². The topological polar surface area (TPSA) is 58.6 Å². The Balaban J connectivity index is 2.28. The number of hydrogen-bond acceptors (Lipinski definition) is 4. The summed E-state index contributed by atoms with van der Waals surface area (Å²) in [5.41, 5.74) is 1.07. The quantitative estimate of drug-likeness (QED) is 0.704. The monoisotopic (exact) mass is 397 g/mol. The third kappa shape index (κ3) is 4.10. The van der Waals surface area contributed by atoms with Crippen LogP contribution in [0.25, 0.3) is 0 Å². The maximum Gasteiger partial charge on any atom is 0.174 e. The standard InChI is InChI=1S/C16H15IO4/c1-2-20-15-13(17)8-12(16(18)19)9-14(15)21-10-11-6-4-3-5-7-11/h3-9H,2,10H2,1H3,(H,18,19)/p-1. The summed E-state index contributed by atoms with van der Waals surface area (Å²) in [6.07, 6.45) is 0. The number of benzene rings is 2. The van der Waals surface area contributed by atoms with E-state index in [1.54, 1.807) is 0 Å². The molecule has 2 aromatic carbocycles. The van der Waals surface area contributed by atoms with Crippen LogP contribution in [0.1, 0.15) is 22.8 Å². The van der Waals surface area contributed by atoms with Gasteiger partial charge < -0.3 is 19.4 Å². The third-order valence-corrected chi connectivity index (χ3v) is 3.57. The first-order valence-corrected chi connectivity index (χ1v) is 7.54. The summed E-state index contributed by atoms with van der Waals surface area (Å²) in [5.74, 6) is -0.272. The van der Waals surface area contributed by atoms with Crippen LogP contribution in [0.5, 0.6) is 11.5 Å². The minimum atomic E-state index is -1.24. The molecule has 0 bridgehead atoms. The van der Waals surface area contributed by atoms with Gasteiger partial charge in [0.2, 0.25) is 0 Å². The smallest absolute Gasteiger partial charge is 0.174 e. The number of aromatic carboxylic acids is 1. The van der Waals surface area contributed by atoms with Crippen LogP contribution in [-0.2, 0) is 6.61 Å². The average Bonchev–Trinajstić information content (AvgIpc) is 2.48. The Kier molecular flexibility index (Phi) is 5.44. The molecule has 0 aliphatic rings. The number of carboxylic acid groups (broad SMARTS) is 1. The van der Waals surface area contributed by atoms with Crippen molar-refractivity contribution in [2.45, 2.75) is 13.5 Å². The lowest BCUT2D eigenvalue weighted by Crippen LogP contribution is -2.22. The highest BCUT2D eigenvalue weighted by atomic mass is 127. The van der Waals surface area contributed by atoms with Crippen LogP contribution in [0.3, 0.4) is 0 Å². The lowest BCUT2D eigenvalue weighted by Gasteiger charge is -2.15. The molecule has 0 fully saturated rings. The second kappa shape index (κ2) is 7.31. The number of hydrogen-bond donors (Lipinski definition) is 0. The normalized spacial score (nSPS) is 10.2. The summed E-state index contributed by atoms with van der Waals surface area (Å²) in [4.78, 5) is 11.0. The molecule has 0 radical (unpaired) electrons. The number of carbonyl (C=O) groups is 1. The van der Waals surface area contributed by atoms with Crippen molar-refractivity contribution in [2.75, 3.05) is 6.61 Å². The van der Waals surface area contributed by atoms with Crippen molar-refractivity contribution in [2.24, 2.45) is 0 Å². The molecule has 110 valence electrons. The summed E-state index contributed by atoms with van der Waals surface area (Å²) in [5, 5.41) is 11.0. The fourth-order valence-corrected chi connectivity index (χ4v) is 2.57. The molecule has 0 saturated carbocycles. The fourth-order valence-electron chi connectivity index (χ4n) is 1.81. The number of carboxylic acids is 1. The summed E-state index contributed by atoms with van der Waals surface area (Å²) < 4.78 is 12.0. The molecule has 4 nitrogen and oxygen atoms in total. The zero-order chi connectivity index (χ0) is 15.2. The molecule has 0 saturated heterocycles. The van der Waals surface area contributed by atoms with Crippen molar-refractivity contribution in [3.05, 3.63) is 57.2 Å². The number of halogens is 1. The molecule has 0 unspecified atom stereocenters. The van der Waals surface area contributed by atoms with Crippen molar-refractivity contribution < 1.29 is 19.4 Å². The highest BCUT2D eigenvalue weighted by molar-refractivity contribution is 14.1. The van der Waals surface area contributed by atoms with E-state index in [4.69, 9.17) is 9.47 Å². The molecule has 21 heavy (non-hydrogen) atoms. The van der Waals surface area contributed by atoms with Crippen LogP contribution in [-0.4, -0.2) is 12.6 Å².